The van der Waals surface area contributed by atoms with E-state index >= 15 is 0 Å². The number of nitrogens with zero attached hydrogens (tertiary/aromatic N) is 1. The molecule has 0 radical (unpaired) electrons. The number of carbonyl (C=O) groups excluding carboxylic acids is 1. The first-order valence-electron chi connectivity index (χ1n) is 8.31. The highest BCUT2D eigenvalue weighted by molar-refractivity contribution is 5.93. The first-order valence-corrected chi connectivity index (χ1v) is 8.31. The zero-order valence-corrected chi connectivity index (χ0v) is 13.6. The lowest BCUT2D eigenvalue weighted by molar-refractivity contribution is 0.0950. The highest BCUT2D eigenvalue weighted by Gasteiger charge is 2.16. The molecule has 3 rings (SSSR count). The molecule has 0 saturated carbocycles. The van der Waals surface area contributed by atoms with Crippen LogP contribution in [-0.2, 0) is 13.1 Å². The van der Waals surface area contributed by atoms with Crippen molar-refractivity contribution in [3.63, 3.8) is 0 Å². The number of rotatable bonds is 5. The average molecular weight is 312 g/mol. The minimum Gasteiger partial charge on any atom is -0.472 e. The van der Waals surface area contributed by atoms with Gasteiger partial charge in [0.2, 0.25) is 0 Å². The van der Waals surface area contributed by atoms with E-state index in [1.54, 1.807) is 6.07 Å². The summed E-state index contributed by atoms with van der Waals surface area (Å²) in [6.07, 6.45) is 5.62. The van der Waals surface area contributed by atoms with Gasteiger partial charge < -0.3 is 9.73 Å². The molecule has 1 aliphatic heterocycles. The van der Waals surface area contributed by atoms with E-state index < -0.39 is 0 Å². The summed E-state index contributed by atoms with van der Waals surface area (Å²) >= 11 is 0. The molecule has 122 valence electrons. The van der Waals surface area contributed by atoms with Crippen molar-refractivity contribution in [2.75, 3.05) is 13.1 Å². The zero-order chi connectivity index (χ0) is 16.1. The molecule has 2 aromatic rings. The molecule has 1 atom stereocenters. The Hall–Kier alpha value is -2.07. The summed E-state index contributed by atoms with van der Waals surface area (Å²) in [4.78, 5) is 14.4. The van der Waals surface area contributed by atoms with E-state index in [4.69, 9.17) is 4.42 Å². The molecule has 1 unspecified atom stereocenters. The van der Waals surface area contributed by atoms with E-state index in [0.717, 1.165) is 18.0 Å². The molecule has 0 bridgehead atoms. The molecular formula is C19H24N2O2. The molecule has 1 aromatic heterocycles. The molecule has 1 N–H and O–H groups in total. The zero-order valence-electron chi connectivity index (χ0n) is 13.6. The lowest BCUT2D eigenvalue weighted by atomic mass is 9.99. The van der Waals surface area contributed by atoms with Gasteiger partial charge in [0.1, 0.15) is 6.26 Å². The van der Waals surface area contributed by atoms with E-state index in [2.05, 4.69) is 41.4 Å². The van der Waals surface area contributed by atoms with Crippen molar-refractivity contribution in [2.45, 2.75) is 32.9 Å². The lowest BCUT2D eigenvalue weighted by Gasteiger charge is -2.30. The summed E-state index contributed by atoms with van der Waals surface area (Å²) < 4.78 is 4.92. The van der Waals surface area contributed by atoms with Gasteiger partial charge >= 0.3 is 0 Å². The van der Waals surface area contributed by atoms with Crippen LogP contribution in [0.2, 0.25) is 0 Å². The number of nitrogens with one attached hydrogen (secondary N) is 1. The highest BCUT2D eigenvalue weighted by atomic mass is 16.3. The fourth-order valence-electron chi connectivity index (χ4n) is 3.13. The minimum absolute atomic E-state index is 0.106. The standard InChI is InChI=1S/C19H24N2O2/c1-15-3-2-9-21(12-15)13-17-6-4-16(5-7-17)11-20-19(22)18-8-10-23-14-18/h4-8,10,14-15H,2-3,9,11-13H2,1H3,(H,20,22). The van der Waals surface area contributed by atoms with Crippen molar-refractivity contribution in [3.05, 3.63) is 59.5 Å². The van der Waals surface area contributed by atoms with Gasteiger partial charge in [-0.2, -0.15) is 0 Å². The molecule has 1 aliphatic rings. The molecule has 1 fully saturated rings. The number of benzene rings is 1. The Morgan fingerprint density at radius 1 is 1.26 bits per heavy atom. The van der Waals surface area contributed by atoms with Gasteiger partial charge in [0.15, 0.2) is 0 Å². The number of carbonyl (C=O) groups is 1. The average Bonchev–Trinajstić information content (AvgIpc) is 3.08. The van der Waals surface area contributed by atoms with Crippen LogP contribution in [0.4, 0.5) is 0 Å². The third-order valence-corrected chi connectivity index (χ3v) is 4.41. The third-order valence-electron chi connectivity index (χ3n) is 4.41. The molecule has 1 amide bonds. The van der Waals surface area contributed by atoms with Crippen molar-refractivity contribution >= 4 is 5.91 Å². The highest BCUT2D eigenvalue weighted by Crippen LogP contribution is 2.18. The van der Waals surface area contributed by atoms with Crippen LogP contribution in [0, 0.1) is 5.92 Å². The smallest absolute Gasteiger partial charge is 0.254 e. The third kappa shape index (κ3) is 4.45. The van der Waals surface area contributed by atoms with Crippen LogP contribution < -0.4 is 5.32 Å². The van der Waals surface area contributed by atoms with Gasteiger partial charge in [-0.3, -0.25) is 9.69 Å². The molecule has 0 aliphatic carbocycles. The first kappa shape index (κ1) is 15.8. The van der Waals surface area contributed by atoms with Gasteiger partial charge in [0.25, 0.3) is 5.91 Å². The quantitative estimate of drug-likeness (QED) is 0.920. The van der Waals surface area contributed by atoms with Gasteiger partial charge in [-0.25, -0.2) is 0 Å². The Labute approximate surface area is 137 Å². The normalized spacial score (nSPS) is 18.7. The maximum atomic E-state index is 11.9. The lowest BCUT2D eigenvalue weighted by Crippen LogP contribution is -2.33. The Kier molecular flexibility index (Phi) is 5.13. The van der Waals surface area contributed by atoms with E-state index in [9.17, 15) is 4.79 Å². The molecule has 1 saturated heterocycles. The summed E-state index contributed by atoms with van der Waals surface area (Å²) in [6, 6.07) is 10.2. The Morgan fingerprint density at radius 2 is 2.04 bits per heavy atom. The second-order valence-corrected chi connectivity index (χ2v) is 6.49. The number of furan rings is 1. The topological polar surface area (TPSA) is 45.5 Å². The molecule has 1 aromatic carbocycles. The summed E-state index contributed by atoms with van der Waals surface area (Å²) in [5, 5.41) is 2.90. The van der Waals surface area contributed by atoms with Gasteiger partial charge in [0, 0.05) is 19.6 Å². The Bertz CT molecular complexity index is 619. The second kappa shape index (κ2) is 7.47. The van der Waals surface area contributed by atoms with Crippen LogP contribution in [0.1, 0.15) is 41.3 Å². The number of likely N-dealkylation sites (tertiary alicyclic amines) is 1. The second-order valence-electron chi connectivity index (χ2n) is 6.49. The van der Waals surface area contributed by atoms with Crippen LogP contribution in [0.15, 0.2) is 47.3 Å². The van der Waals surface area contributed by atoms with Gasteiger partial charge in [-0.05, 0) is 42.5 Å². The SMILES string of the molecule is CC1CCCN(Cc2ccc(CNC(=O)c3ccoc3)cc2)C1. The van der Waals surface area contributed by atoms with Crippen molar-refractivity contribution in [3.8, 4) is 0 Å². The Morgan fingerprint density at radius 3 is 2.74 bits per heavy atom. The molecule has 0 spiro atoms. The largest absolute Gasteiger partial charge is 0.472 e. The fraction of sp³-hybridized carbons (Fsp3) is 0.421. The number of amides is 1. The van der Waals surface area contributed by atoms with E-state index in [1.807, 2.05) is 0 Å². The minimum atomic E-state index is -0.106. The van der Waals surface area contributed by atoms with Gasteiger partial charge in [-0.1, -0.05) is 31.2 Å². The van der Waals surface area contributed by atoms with Gasteiger partial charge in [-0.15, -0.1) is 0 Å². The fourth-order valence-corrected chi connectivity index (χ4v) is 3.13. The summed E-state index contributed by atoms with van der Waals surface area (Å²) in [5.74, 6) is 0.700. The van der Waals surface area contributed by atoms with E-state index in [-0.39, 0.29) is 5.91 Å². The molecule has 23 heavy (non-hydrogen) atoms. The summed E-state index contributed by atoms with van der Waals surface area (Å²) in [6.45, 7) is 6.28. The van der Waals surface area contributed by atoms with Crippen LogP contribution in [-0.4, -0.2) is 23.9 Å². The first-order chi connectivity index (χ1) is 11.2. The summed E-state index contributed by atoms with van der Waals surface area (Å²) in [5.41, 5.74) is 3.00. The summed E-state index contributed by atoms with van der Waals surface area (Å²) in [7, 11) is 0. The van der Waals surface area contributed by atoms with E-state index in [0.29, 0.717) is 12.1 Å². The van der Waals surface area contributed by atoms with Crippen molar-refractivity contribution in [2.24, 2.45) is 5.92 Å². The van der Waals surface area contributed by atoms with Crippen LogP contribution in [0.25, 0.3) is 0 Å². The van der Waals surface area contributed by atoms with E-state index in [1.165, 1.54) is 44.0 Å². The number of hydrogen-bond acceptors (Lipinski definition) is 3. The Balaban J connectivity index is 1.50. The number of hydrogen-bond donors (Lipinski definition) is 1. The molecule has 4 heteroatoms. The van der Waals surface area contributed by atoms with Crippen LogP contribution in [0.3, 0.4) is 0 Å². The maximum absolute atomic E-state index is 11.9. The molecular weight excluding hydrogens is 288 g/mol. The number of piperidine rings is 1. The molecule has 2 heterocycles. The monoisotopic (exact) mass is 312 g/mol. The van der Waals surface area contributed by atoms with Crippen LogP contribution in [0.5, 0.6) is 0 Å². The van der Waals surface area contributed by atoms with Crippen LogP contribution >= 0.6 is 0 Å². The van der Waals surface area contributed by atoms with Crippen molar-refractivity contribution in [1.29, 1.82) is 0 Å². The maximum Gasteiger partial charge on any atom is 0.254 e. The van der Waals surface area contributed by atoms with Crippen molar-refractivity contribution < 1.29 is 9.21 Å². The predicted octanol–water partition coefficient (Wildman–Crippen LogP) is 3.44. The molecule has 4 nitrogen and oxygen atoms in total. The van der Waals surface area contributed by atoms with Gasteiger partial charge in [0.05, 0.1) is 11.8 Å². The van der Waals surface area contributed by atoms with Crippen molar-refractivity contribution in [1.82, 2.24) is 10.2 Å². The predicted molar refractivity (Wildman–Crippen MR) is 90.0 cm³/mol.